The van der Waals surface area contributed by atoms with Gasteiger partial charge in [0.05, 0.1) is 11.9 Å². The number of hydrogen-bond acceptors (Lipinski definition) is 4. The fourth-order valence-corrected chi connectivity index (χ4v) is 4.73. The molecule has 1 atom stereocenters. The van der Waals surface area contributed by atoms with Gasteiger partial charge in [-0.05, 0) is 48.7 Å². The molecule has 0 radical (unpaired) electrons. The smallest absolute Gasteiger partial charge is 0.244 e. The van der Waals surface area contributed by atoms with Crippen molar-refractivity contribution >= 4 is 66.7 Å². The third kappa shape index (κ3) is 8.45. The SMILES string of the molecule is CC(C)CNC(=O)[C@H](C)N(Cc1ccc(Br)cc1)C(=O)CN(c1cc(Cl)cc(Cl)c1)S(C)(=O)=O. The Bertz CT molecular complexity index is 1110. The monoisotopic (exact) mass is 591 g/mol. The minimum Gasteiger partial charge on any atom is -0.354 e. The summed E-state index contributed by atoms with van der Waals surface area (Å²) in [5, 5.41) is 3.30. The number of hydrogen-bond donors (Lipinski definition) is 1. The van der Waals surface area contributed by atoms with Gasteiger partial charge in [-0.3, -0.25) is 13.9 Å². The lowest BCUT2D eigenvalue weighted by Gasteiger charge is -2.31. The lowest BCUT2D eigenvalue weighted by Crippen LogP contribution is -2.51. The predicted molar refractivity (Wildman–Crippen MR) is 141 cm³/mol. The van der Waals surface area contributed by atoms with Gasteiger partial charge in [-0.25, -0.2) is 8.42 Å². The molecule has 7 nitrogen and oxygen atoms in total. The number of benzene rings is 2. The van der Waals surface area contributed by atoms with Crippen LogP contribution in [0.4, 0.5) is 5.69 Å². The Hall–Kier alpha value is -1.81. The highest BCUT2D eigenvalue weighted by Gasteiger charge is 2.30. The average Bonchev–Trinajstić information content (AvgIpc) is 2.73. The summed E-state index contributed by atoms with van der Waals surface area (Å²) in [4.78, 5) is 27.6. The number of carbonyl (C=O) groups is 2. The molecule has 0 unspecified atom stereocenters. The van der Waals surface area contributed by atoms with Crippen LogP contribution in [0.5, 0.6) is 0 Å². The average molecular weight is 593 g/mol. The second kappa shape index (κ2) is 12.2. The van der Waals surface area contributed by atoms with Crippen LogP contribution in [0.1, 0.15) is 26.3 Å². The second-order valence-electron chi connectivity index (χ2n) is 8.36. The molecule has 2 rings (SSSR count). The largest absolute Gasteiger partial charge is 0.354 e. The highest BCUT2D eigenvalue weighted by atomic mass is 79.9. The van der Waals surface area contributed by atoms with Crippen LogP contribution < -0.4 is 9.62 Å². The Morgan fingerprint density at radius 2 is 1.59 bits per heavy atom. The van der Waals surface area contributed by atoms with Crippen molar-refractivity contribution in [3.05, 3.63) is 62.5 Å². The zero-order chi connectivity index (χ0) is 25.6. The highest BCUT2D eigenvalue weighted by molar-refractivity contribution is 9.10. The molecule has 0 heterocycles. The Balaban J connectivity index is 2.39. The van der Waals surface area contributed by atoms with Gasteiger partial charge in [-0.1, -0.05) is 65.1 Å². The van der Waals surface area contributed by atoms with E-state index in [1.54, 1.807) is 6.92 Å². The van der Waals surface area contributed by atoms with Crippen LogP contribution in [0.3, 0.4) is 0 Å². The number of nitrogens with one attached hydrogen (secondary N) is 1. The molecule has 0 aliphatic rings. The van der Waals surface area contributed by atoms with Crippen LogP contribution in [0.2, 0.25) is 10.0 Å². The first-order chi connectivity index (χ1) is 15.8. The molecule has 0 saturated heterocycles. The van der Waals surface area contributed by atoms with Gasteiger partial charge < -0.3 is 10.2 Å². The summed E-state index contributed by atoms with van der Waals surface area (Å²) in [6, 6.07) is 10.8. The molecule has 11 heteroatoms. The van der Waals surface area contributed by atoms with E-state index in [9.17, 15) is 18.0 Å². The normalized spacial score (nSPS) is 12.4. The fraction of sp³-hybridized carbons (Fsp3) is 0.391. The standard InChI is InChI=1S/C23H28BrCl2N3O4S/c1-15(2)12-27-23(31)16(3)28(13-17-5-7-18(24)8-6-17)22(30)14-29(34(4,32)33)21-10-19(25)9-20(26)11-21/h5-11,15-16H,12-14H2,1-4H3,(H,27,31)/t16-/m0/s1. The Morgan fingerprint density at radius 3 is 2.09 bits per heavy atom. The summed E-state index contributed by atoms with van der Waals surface area (Å²) in [6.07, 6.45) is 0.993. The van der Waals surface area contributed by atoms with E-state index < -0.39 is 28.5 Å². The predicted octanol–water partition coefficient (Wildman–Crippen LogP) is 4.71. The zero-order valence-corrected chi connectivity index (χ0v) is 23.3. The van der Waals surface area contributed by atoms with Gasteiger partial charge >= 0.3 is 0 Å². The van der Waals surface area contributed by atoms with Crippen molar-refractivity contribution < 1.29 is 18.0 Å². The zero-order valence-electron chi connectivity index (χ0n) is 19.4. The molecular formula is C23H28BrCl2N3O4S. The van der Waals surface area contributed by atoms with E-state index >= 15 is 0 Å². The molecule has 0 aromatic heterocycles. The molecule has 0 saturated carbocycles. The van der Waals surface area contributed by atoms with E-state index in [0.717, 1.165) is 20.6 Å². The van der Waals surface area contributed by atoms with Crippen LogP contribution in [0, 0.1) is 5.92 Å². The third-order valence-corrected chi connectivity index (χ3v) is 7.04. The van der Waals surface area contributed by atoms with Crippen molar-refractivity contribution in [2.24, 2.45) is 5.92 Å². The van der Waals surface area contributed by atoms with Gasteiger partial charge in [0.15, 0.2) is 0 Å². The number of halogens is 3. The summed E-state index contributed by atoms with van der Waals surface area (Å²) >= 11 is 15.5. The minimum atomic E-state index is -3.86. The van der Waals surface area contributed by atoms with E-state index in [1.807, 2.05) is 38.1 Å². The van der Waals surface area contributed by atoms with E-state index in [0.29, 0.717) is 6.54 Å². The maximum Gasteiger partial charge on any atom is 0.244 e. The number of sulfonamides is 1. The van der Waals surface area contributed by atoms with E-state index in [4.69, 9.17) is 23.2 Å². The summed E-state index contributed by atoms with van der Waals surface area (Å²) < 4.78 is 27.0. The van der Waals surface area contributed by atoms with Gasteiger partial charge in [0, 0.05) is 27.6 Å². The van der Waals surface area contributed by atoms with Crippen LogP contribution in [-0.4, -0.2) is 50.5 Å². The molecular weight excluding hydrogens is 565 g/mol. The quantitative estimate of drug-likeness (QED) is 0.433. The van der Waals surface area contributed by atoms with Gasteiger partial charge in [0.1, 0.15) is 12.6 Å². The maximum absolute atomic E-state index is 13.5. The fourth-order valence-electron chi connectivity index (χ4n) is 3.12. The highest BCUT2D eigenvalue weighted by Crippen LogP contribution is 2.27. The second-order valence-corrected chi connectivity index (χ2v) is 12.1. The van der Waals surface area contributed by atoms with E-state index in [1.165, 1.54) is 23.1 Å². The van der Waals surface area contributed by atoms with Gasteiger partial charge in [-0.15, -0.1) is 0 Å². The van der Waals surface area contributed by atoms with Crippen molar-refractivity contribution in [1.29, 1.82) is 0 Å². The molecule has 1 N–H and O–H groups in total. The van der Waals surface area contributed by atoms with Gasteiger partial charge in [-0.2, -0.15) is 0 Å². The summed E-state index contributed by atoms with van der Waals surface area (Å²) in [7, 11) is -3.86. The Morgan fingerprint density at radius 1 is 1.03 bits per heavy atom. The van der Waals surface area contributed by atoms with Crippen molar-refractivity contribution in [3.8, 4) is 0 Å². The van der Waals surface area contributed by atoms with Crippen molar-refractivity contribution in [3.63, 3.8) is 0 Å². The molecule has 2 amide bonds. The Labute approximate surface area is 219 Å². The van der Waals surface area contributed by atoms with Crippen molar-refractivity contribution in [1.82, 2.24) is 10.2 Å². The molecule has 2 aromatic rings. The lowest BCUT2D eigenvalue weighted by molar-refractivity contribution is -0.139. The third-order valence-electron chi connectivity index (χ3n) is 4.93. The van der Waals surface area contributed by atoms with E-state index in [2.05, 4.69) is 21.2 Å². The van der Waals surface area contributed by atoms with Gasteiger partial charge in [0.2, 0.25) is 21.8 Å². The number of nitrogens with zero attached hydrogens (tertiary/aromatic N) is 2. The topological polar surface area (TPSA) is 86.8 Å². The number of anilines is 1. The summed E-state index contributed by atoms with van der Waals surface area (Å²) in [5.41, 5.74) is 0.950. The van der Waals surface area contributed by atoms with Crippen LogP contribution in [0.25, 0.3) is 0 Å². The Kier molecular flexibility index (Phi) is 10.2. The molecule has 186 valence electrons. The minimum absolute atomic E-state index is 0.121. The van der Waals surface area contributed by atoms with Crippen LogP contribution in [0.15, 0.2) is 46.9 Å². The molecule has 2 aromatic carbocycles. The molecule has 34 heavy (non-hydrogen) atoms. The summed E-state index contributed by atoms with van der Waals surface area (Å²) in [6.45, 7) is 5.61. The van der Waals surface area contributed by atoms with Crippen molar-refractivity contribution in [2.75, 3.05) is 23.7 Å². The molecule has 0 fully saturated rings. The van der Waals surface area contributed by atoms with E-state index in [-0.39, 0.29) is 34.1 Å². The molecule has 0 bridgehead atoms. The maximum atomic E-state index is 13.5. The first-order valence-corrected chi connectivity index (χ1v) is 13.9. The first kappa shape index (κ1) is 28.4. The lowest BCUT2D eigenvalue weighted by atomic mass is 10.1. The van der Waals surface area contributed by atoms with Crippen LogP contribution >= 0.6 is 39.1 Å². The van der Waals surface area contributed by atoms with Crippen LogP contribution in [-0.2, 0) is 26.2 Å². The molecule has 0 spiro atoms. The number of amides is 2. The van der Waals surface area contributed by atoms with Gasteiger partial charge in [0.25, 0.3) is 0 Å². The first-order valence-electron chi connectivity index (χ1n) is 10.5. The van der Waals surface area contributed by atoms with Crippen molar-refractivity contribution in [2.45, 2.75) is 33.4 Å². The number of carbonyl (C=O) groups excluding carboxylic acids is 2. The summed E-state index contributed by atoms with van der Waals surface area (Å²) in [5.74, 6) is -0.632. The number of rotatable bonds is 10. The molecule has 0 aliphatic heterocycles. The molecule has 0 aliphatic carbocycles.